The van der Waals surface area contributed by atoms with E-state index in [0.717, 1.165) is 42.8 Å². The highest BCUT2D eigenvalue weighted by atomic mass is 16.5. The molecule has 0 aliphatic heterocycles. The normalized spacial score (nSPS) is 14.9. The van der Waals surface area contributed by atoms with Gasteiger partial charge in [0.1, 0.15) is 5.75 Å². The van der Waals surface area contributed by atoms with Crippen LogP contribution in [0.15, 0.2) is 46.0 Å². The van der Waals surface area contributed by atoms with E-state index >= 15 is 0 Å². The average Bonchev–Trinajstić information content (AvgIpc) is 3.11. The zero-order valence-corrected chi connectivity index (χ0v) is 17.0. The zero-order chi connectivity index (χ0) is 19.9. The van der Waals surface area contributed by atoms with Gasteiger partial charge in [-0.25, -0.2) is 9.98 Å². The molecule has 0 atom stereocenters. The molecule has 2 aromatic rings. The fourth-order valence-corrected chi connectivity index (χ4v) is 3.58. The van der Waals surface area contributed by atoms with Crippen LogP contribution in [0.1, 0.15) is 42.3 Å². The molecule has 6 heteroatoms. The topological polar surface area (TPSA) is 65.9 Å². The van der Waals surface area contributed by atoms with Gasteiger partial charge in [-0.15, -0.1) is 0 Å². The Kier molecular flexibility index (Phi) is 6.76. The Hall–Kier alpha value is -2.73. The van der Waals surface area contributed by atoms with Gasteiger partial charge >= 0.3 is 0 Å². The van der Waals surface area contributed by atoms with Gasteiger partial charge in [0, 0.05) is 30.5 Å². The third-order valence-electron chi connectivity index (χ3n) is 4.99. The third-order valence-corrected chi connectivity index (χ3v) is 4.99. The molecule has 0 amide bonds. The number of aromatic amines is 1. The number of methoxy groups -OCH3 is 1. The molecular formula is C22H29N5O. The van der Waals surface area contributed by atoms with E-state index in [9.17, 15) is 0 Å². The van der Waals surface area contributed by atoms with Crippen molar-refractivity contribution in [3.63, 3.8) is 0 Å². The van der Waals surface area contributed by atoms with Crippen molar-refractivity contribution < 1.29 is 4.74 Å². The van der Waals surface area contributed by atoms with Crippen LogP contribution in [0.2, 0.25) is 0 Å². The monoisotopic (exact) mass is 379 g/mol. The number of fused-ring (bicyclic) bond motifs is 1. The van der Waals surface area contributed by atoms with E-state index in [1.54, 1.807) is 7.11 Å². The molecule has 1 aliphatic rings. The van der Waals surface area contributed by atoms with Gasteiger partial charge in [-0.3, -0.25) is 10.00 Å². The molecule has 6 nitrogen and oxygen atoms in total. The van der Waals surface area contributed by atoms with Crippen LogP contribution in [-0.4, -0.2) is 48.4 Å². The fraction of sp³-hybridized carbons (Fsp3) is 0.409. The van der Waals surface area contributed by atoms with Gasteiger partial charge in [-0.05, 0) is 81.8 Å². The molecule has 0 fully saturated rings. The number of benzene rings is 1. The van der Waals surface area contributed by atoms with Crippen LogP contribution < -0.4 is 4.74 Å². The lowest BCUT2D eigenvalue weighted by molar-refractivity contribution is 0.348. The van der Waals surface area contributed by atoms with E-state index in [4.69, 9.17) is 4.74 Å². The lowest BCUT2D eigenvalue weighted by Gasteiger charge is -2.17. The Balaban J connectivity index is 1.62. The Morgan fingerprint density at radius 3 is 2.75 bits per heavy atom. The summed E-state index contributed by atoms with van der Waals surface area (Å²) in [6.45, 7) is 7.38. The fourth-order valence-electron chi connectivity index (χ4n) is 3.58. The summed E-state index contributed by atoms with van der Waals surface area (Å²) in [5.74, 6) is 1.41. The van der Waals surface area contributed by atoms with E-state index in [-0.39, 0.29) is 0 Å². The molecular weight excluding hydrogens is 350 g/mol. The summed E-state index contributed by atoms with van der Waals surface area (Å²) in [4.78, 5) is 10.8. The highest BCUT2D eigenvalue weighted by molar-refractivity contribution is 6.01. The smallest absolute Gasteiger partial charge is 0.158 e. The summed E-state index contributed by atoms with van der Waals surface area (Å²) < 4.78 is 5.19. The number of nitrogens with zero attached hydrogens (tertiary/aromatic N) is 4. The van der Waals surface area contributed by atoms with E-state index in [2.05, 4.69) is 45.8 Å². The molecule has 0 unspecified atom stereocenters. The Morgan fingerprint density at radius 1 is 1.29 bits per heavy atom. The van der Waals surface area contributed by atoms with Crippen LogP contribution in [0.3, 0.4) is 0 Å². The molecule has 148 valence electrons. The second-order valence-electron chi connectivity index (χ2n) is 7.32. The summed E-state index contributed by atoms with van der Waals surface area (Å²) in [5.41, 5.74) is 6.00. The first kappa shape index (κ1) is 20.0. The van der Waals surface area contributed by atoms with Gasteiger partial charge in [-0.2, -0.15) is 5.10 Å². The number of likely N-dealkylation sites (N-methyl/N-ethyl adjacent to an activating group) is 1. The minimum atomic E-state index is 0.603. The van der Waals surface area contributed by atoms with Crippen molar-refractivity contribution in [2.24, 2.45) is 9.98 Å². The molecule has 1 N–H and O–H groups in total. The molecule has 1 aliphatic carbocycles. The maximum atomic E-state index is 5.19. The molecule has 3 rings (SSSR count). The lowest BCUT2D eigenvalue weighted by Crippen LogP contribution is -2.21. The number of aryl methyl sites for hydroxylation is 1. The van der Waals surface area contributed by atoms with Crippen LogP contribution >= 0.6 is 0 Å². The highest BCUT2D eigenvalue weighted by Crippen LogP contribution is 2.23. The first-order chi connectivity index (χ1) is 13.6. The molecule has 0 saturated heterocycles. The molecule has 1 aromatic carbocycles. The van der Waals surface area contributed by atoms with Gasteiger partial charge in [0.05, 0.1) is 12.8 Å². The Morgan fingerprint density at radius 2 is 2.04 bits per heavy atom. The maximum Gasteiger partial charge on any atom is 0.158 e. The van der Waals surface area contributed by atoms with Crippen LogP contribution in [0.25, 0.3) is 0 Å². The van der Waals surface area contributed by atoms with Gasteiger partial charge in [-0.1, -0.05) is 0 Å². The third kappa shape index (κ3) is 4.95. The maximum absolute atomic E-state index is 5.19. The van der Waals surface area contributed by atoms with Gasteiger partial charge in [0.2, 0.25) is 0 Å². The van der Waals surface area contributed by atoms with Gasteiger partial charge in [0.25, 0.3) is 0 Å². The van der Waals surface area contributed by atoms with Crippen molar-refractivity contribution in [3.05, 3.63) is 58.6 Å². The second kappa shape index (κ2) is 9.46. The average molecular weight is 380 g/mol. The predicted octanol–water partition coefficient (Wildman–Crippen LogP) is 3.78. The van der Waals surface area contributed by atoms with E-state index < -0.39 is 0 Å². The number of hydrogen-bond acceptors (Lipinski definition) is 4. The number of hydrogen-bond donors (Lipinski definition) is 1. The van der Waals surface area contributed by atoms with Gasteiger partial charge in [0.15, 0.2) is 5.84 Å². The van der Waals surface area contributed by atoms with Crippen molar-refractivity contribution in [1.29, 1.82) is 0 Å². The predicted molar refractivity (Wildman–Crippen MR) is 114 cm³/mol. The summed E-state index contributed by atoms with van der Waals surface area (Å²) >= 11 is 0. The number of nitrogens with one attached hydrogen (secondary N) is 1. The van der Waals surface area contributed by atoms with Crippen molar-refractivity contribution in [1.82, 2.24) is 15.1 Å². The number of rotatable bonds is 7. The molecule has 0 bridgehead atoms. The first-order valence-corrected chi connectivity index (χ1v) is 9.69. The standard InChI is InChI=1S/C22H29N5O/c1-16(13-24-22(23-2)17-9-11-18(28-4)12-10-17)14-27(3)15-21-19-7-5-6-8-20(19)25-26-21/h9-13H,2,5-8,14-15H2,1,3-4H3,(H,25,26)/b16-13+,24-22-. The van der Waals surface area contributed by atoms with Gasteiger partial charge < -0.3 is 4.74 Å². The Labute approximate surface area is 167 Å². The molecule has 0 radical (unpaired) electrons. The largest absolute Gasteiger partial charge is 0.497 e. The van der Waals surface area contributed by atoms with Crippen LogP contribution in [-0.2, 0) is 19.4 Å². The van der Waals surface area contributed by atoms with Crippen molar-refractivity contribution in [2.75, 3.05) is 20.7 Å². The van der Waals surface area contributed by atoms with Crippen LogP contribution in [0.5, 0.6) is 5.75 Å². The van der Waals surface area contributed by atoms with E-state index in [0.29, 0.717) is 5.84 Å². The van der Waals surface area contributed by atoms with Crippen molar-refractivity contribution >= 4 is 12.6 Å². The molecule has 1 heterocycles. The highest BCUT2D eigenvalue weighted by Gasteiger charge is 2.17. The SMILES string of the molecule is C=N/C(=N\C=C(/C)CN(C)Cc1n[nH]c2c1CCCC2)c1ccc(OC)cc1. The van der Waals surface area contributed by atoms with Crippen LogP contribution in [0, 0.1) is 0 Å². The first-order valence-electron chi connectivity index (χ1n) is 9.69. The number of amidine groups is 1. The minimum Gasteiger partial charge on any atom is -0.497 e. The minimum absolute atomic E-state index is 0.603. The lowest BCUT2D eigenvalue weighted by atomic mass is 9.96. The summed E-state index contributed by atoms with van der Waals surface area (Å²) in [6, 6.07) is 7.65. The van der Waals surface area contributed by atoms with Crippen LogP contribution in [0.4, 0.5) is 0 Å². The number of H-pyrrole nitrogens is 1. The number of aliphatic imine (C=N–C) groups is 2. The van der Waals surface area contributed by atoms with E-state index in [1.165, 1.54) is 29.8 Å². The van der Waals surface area contributed by atoms with Crippen molar-refractivity contribution in [3.8, 4) is 5.75 Å². The molecule has 0 spiro atoms. The quantitative estimate of drug-likeness (QED) is 0.588. The zero-order valence-electron chi connectivity index (χ0n) is 17.0. The molecule has 28 heavy (non-hydrogen) atoms. The second-order valence-corrected chi connectivity index (χ2v) is 7.32. The summed E-state index contributed by atoms with van der Waals surface area (Å²) in [7, 11) is 3.76. The molecule has 1 aromatic heterocycles. The Bertz CT molecular complexity index is 864. The number of aromatic nitrogens is 2. The summed E-state index contributed by atoms with van der Waals surface area (Å²) in [5, 5.41) is 7.76. The van der Waals surface area contributed by atoms with Crippen molar-refractivity contribution in [2.45, 2.75) is 39.2 Å². The molecule has 0 saturated carbocycles. The van der Waals surface area contributed by atoms with E-state index in [1.807, 2.05) is 30.5 Å². The number of ether oxygens (including phenoxy) is 1. The summed E-state index contributed by atoms with van der Waals surface area (Å²) in [6.07, 6.45) is 6.66.